The Bertz CT molecular complexity index is 816. The van der Waals surface area contributed by atoms with Gasteiger partial charge in [-0.15, -0.1) is 0 Å². The molecule has 0 aliphatic heterocycles. The fraction of sp³-hybridized carbons (Fsp3) is 0. The van der Waals surface area contributed by atoms with Gasteiger partial charge in [-0.1, -0.05) is 46.3 Å². The highest BCUT2D eigenvalue weighted by molar-refractivity contribution is 9.10. The van der Waals surface area contributed by atoms with E-state index < -0.39 is 11.6 Å². The van der Waals surface area contributed by atoms with E-state index in [9.17, 15) is 13.9 Å². The molecule has 0 heterocycles. The molecule has 0 bridgehead atoms. The van der Waals surface area contributed by atoms with E-state index >= 15 is 0 Å². The first-order chi connectivity index (χ1) is 11.1. The summed E-state index contributed by atoms with van der Waals surface area (Å²) in [5.41, 5.74) is 0.578. The lowest BCUT2D eigenvalue weighted by atomic mass is 10.1. The van der Waals surface area contributed by atoms with Crippen molar-refractivity contribution in [3.8, 4) is 5.75 Å². The third-order valence-electron chi connectivity index (χ3n) is 3.34. The van der Waals surface area contributed by atoms with Crippen LogP contribution in [0.3, 0.4) is 0 Å². The van der Waals surface area contributed by atoms with Crippen molar-refractivity contribution < 1.29 is 13.9 Å². The Labute approximate surface area is 140 Å². The van der Waals surface area contributed by atoms with Crippen molar-refractivity contribution in [3.05, 3.63) is 82.8 Å². The van der Waals surface area contributed by atoms with Crippen molar-refractivity contribution in [3.63, 3.8) is 0 Å². The molecule has 0 radical (unpaired) electrons. The van der Waals surface area contributed by atoms with Crippen molar-refractivity contribution >= 4 is 33.0 Å². The average molecular weight is 376 g/mol. The largest absolute Gasteiger partial charge is 0.506 e. The second-order valence-electron chi connectivity index (χ2n) is 4.88. The molecule has 0 atom stereocenters. The predicted molar refractivity (Wildman–Crippen MR) is 90.4 cm³/mol. The van der Waals surface area contributed by atoms with Gasteiger partial charge in [0.15, 0.2) is 11.6 Å². The van der Waals surface area contributed by atoms with Gasteiger partial charge in [-0.25, -0.2) is 8.78 Å². The van der Waals surface area contributed by atoms with E-state index in [2.05, 4.69) is 15.9 Å². The summed E-state index contributed by atoms with van der Waals surface area (Å²) >= 11 is 3.08. The standard InChI is InChI=1S/C18H12BrF2NO/c19-12-10-14(20)18(15(21)11-12)22(13-6-2-1-3-7-13)16-8-4-5-9-17(16)23/h1-11,23H. The molecule has 3 aromatic rings. The first-order valence-electron chi connectivity index (χ1n) is 6.85. The first kappa shape index (κ1) is 15.5. The number of benzene rings is 3. The summed E-state index contributed by atoms with van der Waals surface area (Å²) in [5.74, 6) is -1.54. The number of para-hydroxylation sites is 3. The van der Waals surface area contributed by atoms with Crippen LogP contribution in [-0.4, -0.2) is 5.11 Å². The molecule has 0 amide bonds. The zero-order chi connectivity index (χ0) is 16.4. The van der Waals surface area contributed by atoms with Gasteiger partial charge in [0.25, 0.3) is 0 Å². The molecule has 0 spiro atoms. The number of phenols is 1. The highest BCUT2D eigenvalue weighted by Gasteiger charge is 2.23. The zero-order valence-electron chi connectivity index (χ0n) is 11.9. The van der Waals surface area contributed by atoms with Crippen LogP contribution >= 0.6 is 15.9 Å². The molecule has 1 N–H and O–H groups in total. The number of hydrogen-bond donors (Lipinski definition) is 1. The van der Waals surface area contributed by atoms with Gasteiger partial charge in [0.1, 0.15) is 11.4 Å². The molecule has 0 aromatic heterocycles. The molecule has 0 aliphatic carbocycles. The molecular formula is C18H12BrF2NO. The van der Waals surface area contributed by atoms with E-state index in [1.807, 2.05) is 0 Å². The summed E-state index contributed by atoms with van der Waals surface area (Å²) in [5, 5.41) is 10.1. The SMILES string of the molecule is Oc1ccccc1N(c1ccccc1)c1c(F)cc(Br)cc1F. The lowest BCUT2D eigenvalue weighted by molar-refractivity contribution is 0.476. The van der Waals surface area contributed by atoms with Crippen LogP contribution in [0.1, 0.15) is 0 Å². The third kappa shape index (κ3) is 3.05. The molecule has 0 aliphatic rings. The number of hydrogen-bond acceptors (Lipinski definition) is 2. The Morgan fingerprint density at radius 2 is 1.39 bits per heavy atom. The topological polar surface area (TPSA) is 23.5 Å². The summed E-state index contributed by atoms with van der Waals surface area (Å²) in [4.78, 5) is 1.35. The van der Waals surface area contributed by atoms with Crippen LogP contribution in [0.5, 0.6) is 5.75 Å². The molecule has 5 heteroatoms. The quantitative estimate of drug-likeness (QED) is 0.615. The minimum absolute atomic E-state index is 0.0712. The Morgan fingerprint density at radius 3 is 2.00 bits per heavy atom. The van der Waals surface area contributed by atoms with Gasteiger partial charge in [-0.2, -0.15) is 0 Å². The van der Waals surface area contributed by atoms with Crippen LogP contribution in [-0.2, 0) is 0 Å². The minimum Gasteiger partial charge on any atom is -0.506 e. The van der Waals surface area contributed by atoms with Crippen molar-refractivity contribution in [2.24, 2.45) is 0 Å². The summed E-state index contributed by atoms with van der Waals surface area (Å²) in [6, 6.07) is 17.6. The molecule has 0 fully saturated rings. The van der Waals surface area contributed by atoms with E-state index in [4.69, 9.17) is 0 Å². The number of rotatable bonds is 3. The van der Waals surface area contributed by atoms with Gasteiger partial charge in [0.2, 0.25) is 0 Å². The Kier molecular flexibility index (Phi) is 4.30. The van der Waals surface area contributed by atoms with Crippen LogP contribution in [0.25, 0.3) is 0 Å². The molecule has 3 rings (SSSR count). The molecule has 2 nitrogen and oxygen atoms in total. The fourth-order valence-electron chi connectivity index (χ4n) is 2.37. The summed E-state index contributed by atoms with van der Waals surface area (Å²) < 4.78 is 29.2. The molecule has 0 unspecified atom stereocenters. The highest BCUT2D eigenvalue weighted by Crippen LogP contribution is 2.42. The number of halogens is 3. The summed E-state index contributed by atoms with van der Waals surface area (Å²) in [6.45, 7) is 0. The molecule has 3 aromatic carbocycles. The second-order valence-corrected chi connectivity index (χ2v) is 5.79. The maximum absolute atomic E-state index is 14.5. The Hall–Kier alpha value is -2.40. The predicted octanol–water partition coefficient (Wildman–Crippen LogP) is 5.90. The number of nitrogens with zero attached hydrogens (tertiary/aromatic N) is 1. The van der Waals surface area contributed by atoms with E-state index in [1.165, 1.54) is 23.1 Å². The number of phenolic OH excluding ortho intramolecular Hbond substituents is 1. The van der Waals surface area contributed by atoms with Gasteiger partial charge in [0, 0.05) is 10.2 Å². The molecule has 0 saturated carbocycles. The summed E-state index contributed by atoms with van der Waals surface area (Å²) in [6.07, 6.45) is 0. The van der Waals surface area contributed by atoms with Crippen molar-refractivity contribution in [1.82, 2.24) is 0 Å². The Balaban J connectivity index is 2.28. The van der Waals surface area contributed by atoms with Crippen LogP contribution in [0.4, 0.5) is 25.8 Å². The van der Waals surface area contributed by atoms with Crippen molar-refractivity contribution in [1.29, 1.82) is 0 Å². The van der Waals surface area contributed by atoms with E-state index in [0.717, 1.165) is 0 Å². The normalized spacial score (nSPS) is 10.6. The first-order valence-corrected chi connectivity index (χ1v) is 7.65. The average Bonchev–Trinajstić information content (AvgIpc) is 2.52. The van der Waals surface area contributed by atoms with Crippen LogP contribution in [0, 0.1) is 11.6 Å². The molecule has 23 heavy (non-hydrogen) atoms. The number of anilines is 3. The second kappa shape index (κ2) is 6.38. The maximum Gasteiger partial charge on any atom is 0.151 e. The summed E-state index contributed by atoms with van der Waals surface area (Å²) in [7, 11) is 0. The van der Waals surface area contributed by atoms with Crippen molar-refractivity contribution in [2.45, 2.75) is 0 Å². The van der Waals surface area contributed by atoms with E-state index in [-0.39, 0.29) is 11.4 Å². The molecule has 116 valence electrons. The monoisotopic (exact) mass is 375 g/mol. The van der Waals surface area contributed by atoms with Crippen molar-refractivity contribution in [2.75, 3.05) is 4.90 Å². The van der Waals surface area contributed by atoms with Gasteiger partial charge in [-0.05, 0) is 36.4 Å². The van der Waals surface area contributed by atoms with Crippen LogP contribution < -0.4 is 4.90 Å². The van der Waals surface area contributed by atoms with Crippen LogP contribution in [0.15, 0.2) is 71.2 Å². The molecule has 0 saturated heterocycles. The maximum atomic E-state index is 14.5. The van der Waals surface area contributed by atoms with E-state index in [0.29, 0.717) is 15.8 Å². The molecular weight excluding hydrogens is 364 g/mol. The van der Waals surface area contributed by atoms with E-state index in [1.54, 1.807) is 48.5 Å². The lowest BCUT2D eigenvalue weighted by Gasteiger charge is -2.26. The highest BCUT2D eigenvalue weighted by atomic mass is 79.9. The smallest absolute Gasteiger partial charge is 0.151 e. The third-order valence-corrected chi connectivity index (χ3v) is 3.80. The lowest BCUT2D eigenvalue weighted by Crippen LogP contribution is -2.13. The van der Waals surface area contributed by atoms with Crippen LogP contribution in [0.2, 0.25) is 0 Å². The Morgan fingerprint density at radius 1 is 0.826 bits per heavy atom. The minimum atomic E-state index is -0.732. The van der Waals surface area contributed by atoms with Gasteiger partial charge >= 0.3 is 0 Å². The van der Waals surface area contributed by atoms with Gasteiger partial charge in [-0.3, -0.25) is 0 Å². The zero-order valence-corrected chi connectivity index (χ0v) is 13.5. The van der Waals surface area contributed by atoms with Gasteiger partial charge in [0.05, 0.1) is 5.69 Å². The number of aromatic hydroxyl groups is 1. The van der Waals surface area contributed by atoms with Gasteiger partial charge < -0.3 is 10.0 Å². The fourth-order valence-corrected chi connectivity index (χ4v) is 2.77.